The third-order valence-corrected chi connectivity index (χ3v) is 7.27. The number of pyridine rings is 1. The van der Waals surface area contributed by atoms with Gasteiger partial charge in [-0.2, -0.15) is 22.5 Å². The summed E-state index contributed by atoms with van der Waals surface area (Å²) in [6.07, 6.45) is 5.03. The van der Waals surface area contributed by atoms with Crippen LogP contribution in [-0.4, -0.2) is 29.1 Å². The SMILES string of the molecule is Cc1cc2c(oc3nc(F)ccc32)c(C2=CC=C3C(CC(C)(C)C(F)(F)F)=CC=CC3N2C)c1C. The van der Waals surface area contributed by atoms with Crippen molar-refractivity contribution in [3.8, 4) is 0 Å². The minimum atomic E-state index is -4.30. The Hall–Kier alpha value is -3.35. The Labute approximate surface area is 201 Å². The number of nitrogens with zero attached hydrogens (tertiary/aromatic N) is 2. The molecule has 3 aromatic rings. The number of aryl methyl sites for hydroxylation is 1. The largest absolute Gasteiger partial charge is 0.437 e. The Morgan fingerprint density at radius 2 is 1.80 bits per heavy atom. The molecule has 2 aromatic heterocycles. The first-order valence-electron chi connectivity index (χ1n) is 11.5. The second-order valence-electron chi connectivity index (χ2n) is 10.0. The third kappa shape index (κ3) is 3.68. The molecule has 1 unspecified atom stereocenters. The van der Waals surface area contributed by atoms with Gasteiger partial charge in [-0.15, -0.1) is 0 Å². The normalized spacial score (nSPS) is 18.6. The van der Waals surface area contributed by atoms with E-state index in [2.05, 4.69) is 9.88 Å². The summed E-state index contributed by atoms with van der Waals surface area (Å²) in [5.41, 5.74) is 4.36. The number of hydrogen-bond acceptors (Lipinski definition) is 3. The maximum absolute atomic E-state index is 13.8. The summed E-state index contributed by atoms with van der Waals surface area (Å²) < 4.78 is 60.6. The third-order valence-electron chi connectivity index (χ3n) is 7.27. The minimum Gasteiger partial charge on any atom is -0.437 e. The number of halogens is 4. The van der Waals surface area contributed by atoms with Gasteiger partial charge in [-0.25, -0.2) is 0 Å². The molecule has 0 amide bonds. The molecule has 7 heteroatoms. The molecular weight excluding hydrogens is 456 g/mol. The number of benzene rings is 1. The van der Waals surface area contributed by atoms with Gasteiger partial charge in [-0.3, -0.25) is 0 Å². The summed E-state index contributed by atoms with van der Waals surface area (Å²) in [5, 5.41) is 1.58. The van der Waals surface area contributed by atoms with Crippen LogP contribution in [0.3, 0.4) is 0 Å². The molecule has 3 heterocycles. The first kappa shape index (κ1) is 23.4. The number of furan rings is 1. The molecule has 35 heavy (non-hydrogen) atoms. The maximum atomic E-state index is 13.8. The predicted octanol–water partition coefficient (Wildman–Crippen LogP) is 7.79. The van der Waals surface area contributed by atoms with Crippen LogP contribution in [-0.2, 0) is 0 Å². The number of allylic oxidation sites excluding steroid dienone is 4. The number of hydrogen-bond donors (Lipinski definition) is 0. The molecule has 0 fully saturated rings. The van der Waals surface area contributed by atoms with E-state index < -0.39 is 17.5 Å². The van der Waals surface area contributed by atoms with Crippen LogP contribution in [0.25, 0.3) is 27.8 Å². The maximum Gasteiger partial charge on any atom is 0.394 e. The van der Waals surface area contributed by atoms with E-state index in [1.54, 1.807) is 12.1 Å². The molecule has 2 aliphatic rings. The lowest BCUT2D eigenvalue weighted by Gasteiger charge is -2.39. The van der Waals surface area contributed by atoms with E-state index in [9.17, 15) is 17.6 Å². The molecule has 0 spiro atoms. The molecule has 0 bridgehead atoms. The zero-order valence-electron chi connectivity index (χ0n) is 20.2. The van der Waals surface area contributed by atoms with Crippen LogP contribution in [0.1, 0.15) is 37.0 Å². The highest BCUT2D eigenvalue weighted by Crippen LogP contribution is 2.46. The Balaban J connectivity index is 1.65. The van der Waals surface area contributed by atoms with Gasteiger partial charge < -0.3 is 9.32 Å². The number of rotatable bonds is 3. The lowest BCUT2D eigenvalue weighted by Crippen LogP contribution is -2.37. The summed E-state index contributed by atoms with van der Waals surface area (Å²) in [5.74, 6) is -0.610. The van der Waals surface area contributed by atoms with E-state index in [1.165, 1.54) is 19.9 Å². The zero-order chi connectivity index (χ0) is 25.3. The first-order chi connectivity index (χ1) is 16.4. The molecule has 0 radical (unpaired) electrons. The van der Waals surface area contributed by atoms with Crippen LogP contribution in [0.5, 0.6) is 0 Å². The van der Waals surface area contributed by atoms with Gasteiger partial charge in [0.05, 0.1) is 11.5 Å². The summed E-state index contributed by atoms with van der Waals surface area (Å²) in [7, 11) is 1.93. The summed E-state index contributed by atoms with van der Waals surface area (Å²) in [6, 6.07) is 4.79. The Bertz CT molecular complexity index is 1480. The average Bonchev–Trinajstić information content (AvgIpc) is 3.12. The molecule has 0 saturated carbocycles. The second-order valence-corrected chi connectivity index (χ2v) is 10.0. The van der Waals surface area contributed by atoms with Crippen molar-refractivity contribution in [3.05, 3.63) is 82.4 Å². The van der Waals surface area contributed by atoms with Gasteiger partial charge in [0.15, 0.2) is 0 Å². The van der Waals surface area contributed by atoms with Crippen molar-refractivity contribution >= 4 is 27.8 Å². The van der Waals surface area contributed by atoms with Gasteiger partial charge in [-0.1, -0.05) is 38.2 Å². The van der Waals surface area contributed by atoms with Crippen LogP contribution in [0, 0.1) is 25.2 Å². The number of aromatic nitrogens is 1. The Kier molecular flexibility index (Phi) is 5.24. The van der Waals surface area contributed by atoms with Gasteiger partial charge in [0.1, 0.15) is 5.58 Å². The van der Waals surface area contributed by atoms with Crippen molar-refractivity contribution in [2.24, 2.45) is 5.41 Å². The highest BCUT2D eigenvalue weighted by molar-refractivity contribution is 6.08. The van der Waals surface area contributed by atoms with Crippen molar-refractivity contribution in [3.63, 3.8) is 0 Å². The van der Waals surface area contributed by atoms with Gasteiger partial charge in [0.2, 0.25) is 11.7 Å². The predicted molar refractivity (Wildman–Crippen MR) is 130 cm³/mol. The first-order valence-corrected chi connectivity index (χ1v) is 11.5. The van der Waals surface area contributed by atoms with E-state index in [0.717, 1.165) is 38.7 Å². The monoisotopic (exact) mass is 482 g/mol. The lowest BCUT2D eigenvalue weighted by molar-refractivity contribution is -0.210. The summed E-state index contributed by atoms with van der Waals surface area (Å²) >= 11 is 0. The average molecular weight is 483 g/mol. The van der Waals surface area contributed by atoms with Crippen LogP contribution >= 0.6 is 0 Å². The number of alkyl halides is 3. The van der Waals surface area contributed by atoms with Crippen molar-refractivity contribution in [1.82, 2.24) is 9.88 Å². The van der Waals surface area contributed by atoms with Gasteiger partial charge >= 0.3 is 6.18 Å². The lowest BCUT2D eigenvalue weighted by atomic mass is 9.78. The van der Waals surface area contributed by atoms with Crippen LogP contribution in [0.2, 0.25) is 0 Å². The highest BCUT2D eigenvalue weighted by atomic mass is 19.4. The van der Waals surface area contributed by atoms with Gasteiger partial charge in [-0.05, 0) is 66.8 Å². The van der Waals surface area contributed by atoms with E-state index in [0.29, 0.717) is 11.2 Å². The van der Waals surface area contributed by atoms with Crippen molar-refractivity contribution in [2.45, 2.75) is 46.3 Å². The number of likely N-dealkylation sites (N-methyl/N-ethyl adjacent to an activating group) is 1. The van der Waals surface area contributed by atoms with E-state index in [-0.39, 0.29) is 18.2 Å². The molecule has 1 aromatic carbocycles. The standard InChI is InChI=1S/C28H26F4N2O/c1-15-13-20-19-10-12-23(29)33-26(19)35-25(20)24(16(15)2)22-11-9-18-17(7-6-8-21(18)34(22)5)14-27(3,4)28(30,31)32/h6-13,21H,14H2,1-5H3. The molecule has 1 aliphatic heterocycles. The molecule has 0 N–H and O–H groups in total. The zero-order valence-corrected chi connectivity index (χ0v) is 20.2. The van der Waals surface area contributed by atoms with Crippen LogP contribution in [0.4, 0.5) is 17.6 Å². The van der Waals surface area contributed by atoms with Gasteiger partial charge in [0, 0.05) is 29.1 Å². The molecule has 182 valence electrons. The number of fused-ring (bicyclic) bond motifs is 4. The molecule has 5 rings (SSSR count). The summed E-state index contributed by atoms with van der Waals surface area (Å²) in [4.78, 5) is 5.98. The summed E-state index contributed by atoms with van der Waals surface area (Å²) in [6.45, 7) is 6.49. The fraction of sp³-hybridized carbons (Fsp3) is 0.321. The Morgan fingerprint density at radius 1 is 1.06 bits per heavy atom. The highest BCUT2D eigenvalue weighted by Gasteiger charge is 2.48. The minimum absolute atomic E-state index is 0.102. The van der Waals surface area contributed by atoms with E-state index >= 15 is 0 Å². The Morgan fingerprint density at radius 3 is 2.51 bits per heavy atom. The van der Waals surface area contributed by atoms with Crippen molar-refractivity contribution < 1.29 is 22.0 Å². The topological polar surface area (TPSA) is 29.3 Å². The van der Waals surface area contributed by atoms with Crippen LogP contribution < -0.4 is 0 Å². The van der Waals surface area contributed by atoms with E-state index in [4.69, 9.17) is 4.42 Å². The molecule has 0 saturated heterocycles. The fourth-order valence-electron chi connectivity index (χ4n) is 4.95. The smallest absolute Gasteiger partial charge is 0.394 e. The van der Waals surface area contributed by atoms with Crippen LogP contribution in [0.15, 0.2) is 64.1 Å². The second kappa shape index (κ2) is 7.83. The van der Waals surface area contributed by atoms with Gasteiger partial charge in [0.25, 0.3) is 0 Å². The van der Waals surface area contributed by atoms with Crippen molar-refractivity contribution in [1.29, 1.82) is 0 Å². The molecule has 1 aliphatic carbocycles. The molecular formula is C28H26F4N2O. The molecule has 1 atom stereocenters. The van der Waals surface area contributed by atoms with E-state index in [1.807, 2.05) is 51.3 Å². The molecule has 3 nitrogen and oxygen atoms in total. The van der Waals surface area contributed by atoms with Crippen molar-refractivity contribution in [2.75, 3.05) is 7.05 Å². The fourth-order valence-corrected chi connectivity index (χ4v) is 4.95. The quantitative estimate of drug-likeness (QED) is 0.282.